The molecule has 1 heterocycles. The molecular weight excluding hydrogens is 296 g/mol. The average Bonchev–Trinajstić information content (AvgIpc) is 2.83. The monoisotopic (exact) mass is 318 g/mol. The molecule has 0 saturated carbocycles. The van der Waals surface area contributed by atoms with E-state index in [1.165, 1.54) is 11.1 Å². The quantitative estimate of drug-likeness (QED) is 0.564. The van der Waals surface area contributed by atoms with Crippen LogP contribution in [0.3, 0.4) is 0 Å². The fourth-order valence-electron chi connectivity index (χ4n) is 1.49. The number of rotatable bonds is 7. The highest BCUT2D eigenvalue weighted by atomic mass is 32.2. The largest absolute Gasteiger partial charge is 0.356 e. The van der Waals surface area contributed by atoms with Crippen LogP contribution in [0, 0.1) is 0 Å². The molecule has 0 atom stereocenters. The van der Waals surface area contributed by atoms with Gasteiger partial charge in [0.1, 0.15) is 9.84 Å². The molecular formula is C12H22N4O2S2. The molecule has 0 aromatic carbocycles. The molecule has 0 fully saturated rings. The summed E-state index contributed by atoms with van der Waals surface area (Å²) in [6.45, 7) is 3.19. The van der Waals surface area contributed by atoms with E-state index >= 15 is 0 Å². The molecule has 0 aliphatic rings. The Hall–Kier alpha value is -1.15. The van der Waals surface area contributed by atoms with Crippen LogP contribution in [-0.2, 0) is 22.7 Å². The molecule has 1 aromatic rings. The molecule has 0 bridgehead atoms. The SMILES string of the molecule is CCc1cnc(CCNC(=NC)NCCS(C)(=O)=O)s1. The topological polar surface area (TPSA) is 83.4 Å². The van der Waals surface area contributed by atoms with Crippen LogP contribution >= 0.6 is 11.3 Å². The first-order valence-corrected chi connectivity index (χ1v) is 9.38. The predicted molar refractivity (Wildman–Crippen MR) is 84.3 cm³/mol. The maximum Gasteiger partial charge on any atom is 0.191 e. The Morgan fingerprint density at radius 1 is 1.40 bits per heavy atom. The molecule has 0 unspecified atom stereocenters. The molecule has 8 heteroatoms. The fourth-order valence-corrected chi connectivity index (χ4v) is 2.83. The van der Waals surface area contributed by atoms with Gasteiger partial charge in [-0.15, -0.1) is 11.3 Å². The molecule has 0 aliphatic carbocycles. The molecule has 0 radical (unpaired) electrons. The third-order valence-electron chi connectivity index (χ3n) is 2.57. The van der Waals surface area contributed by atoms with Crippen LogP contribution in [0.15, 0.2) is 11.2 Å². The number of guanidine groups is 1. The van der Waals surface area contributed by atoms with Crippen LogP contribution in [0.5, 0.6) is 0 Å². The van der Waals surface area contributed by atoms with Gasteiger partial charge in [0.15, 0.2) is 5.96 Å². The lowest BCUT2D eigenvalue weighted by molar-refractivity contribution is 0.600. The molecule has 6 nitrogen and oxygen atoms in total. The van der Waals surface area contributed by atoms with Crippen molar-refractivity contribution in [3.8, 4) is 0 Å². The van der Waals surface area contributed by atoms with Crippen molar-refractivity contribution in [2.45, 2.75) is 19.8 Å². The fraction of sp³-hybridized carbons (Fsp3) is 0.667. The minimum absolute atomic E-state index is 0.0973. The highest BCUT2D eigenvalue weighted by molar-refractivity contribution is 7.90. The Bertz CT molecular complexity index is 537. The molecule has 0 saturated heterocycles. The Labute approximate surface area is 124 Å². The first-order chi connectivity index (χ1) is 9.44. The van der Waals surface area contributed by atoms with E-state index in [0.29, 0.717) is 12.5 Å². The van der Waals surface area contributed by atoms with E-state index in [1.807, 2.05) is 6.20 Å². The van der Waals surface area contributed by atoms with Crippen molar-refractivity contribution < 1.29 is 8.42 Å². The summed E-state index contributed by atoms with van der Waals surface area (Å²) >= 11 is 1.72. The molecule has 1 aromatic heterocycles. The zero-order valence-electron chi connectivity index (χ0n) is 12.1. The molecule has 0 spiro atoms. The maximum absolute atomic E-state index is 11.0. The summed E-state index contributed by atoms with van der Waals surface area (Å²) in [7, 11) is -1.28. The lowest BCUT2D eigenvalue weighted by atomic mass is 10.4. The van der Waals surface area contributed by atoms with Crippen molar-refractivity contribution in [3.05, 3.63) is 16.1 Å². The van der Waals surface area contributed by atoms with Crippen molar-refractivity contribution in [1.82, 2.24) is 15.6 Å². The lowest BCUT2D eigenvalue weighted by Crippen LogP contribution is -2.40. The van der Waals surface area contributed by atoms with Gasteiger partial charge in [-0.3, -0.25) is 4.99 Å². The van der Waals surface area contributed by atoms with Crippen molar-refractivity contribution in [1.29, 1.82) is 0 Å². The van der Waals surface area contributed by atoms with Gasteiger partial charge in [-0.1, -0.05) is 6.92 Å². The van der Waals surface area contributed by atoms with Crippen LogP contribution in [0.4, 0.5) is 0 Å². The minimum Gasteiger partial charge on any atom is -0.356 e. The molecule has 20 heavy (non-hydrogen) atoms. The van der Waals surface area contributed by atoms with Gasteiger partial charge in [0.05, 0.1) is 10.8 Å². The van der Waals surface area contributed by atoms with E-state index in [9.17, 15) is 8.42 Å². The first-order valence-electron chi connectivity index (χ1n) is 6.50. The van der Waals surface area contributed by atoms with Gasteiger partial charge < -0.3 is 10.6 Å². The summed E-state index contributed by atoms with van der Waals surface area (Å²) in [6.07, 6.45) is 4.98. The smallest absolute Gasteiger partial charge is 0.191 e. The van der Waals surface area contributed by atoms with Crippen LogP contribution in [0.25, 0.3) is 0 Å². The van der Waals surface area contributed by atoms with Gasteiger partial charge in [0.25, 0.3) is 0 Å². The van der Waals surface area contributed by atoms with E-state index in [4.69, 9.17) is 0 Å². The van der Waals surface area contributed by atoms with Gasteiger partial charge >= 0.3 is 0 Å². The zero-order chi connectivity index (χ0) is 15.0. The Morgan fingerprint density at radius 3 is 2.65 bits per heavy atom. The van der Waals surface area contributed by atoms with Gasteiger partial charge in [-0.05, 0) is 6.42 Å². The normalized spacial score (nSPS) is 12.4. The third-order valence-corrected chi connectivity index (χ3v) is 4.72. The third kappa shape index (κ3) is 6.85. The summed E-state index contributed by atoms with van der Waals surface area (Å²) in [5.74, 6) is 0.709. The van der Waals surface area contributed by atoms with E-state index < -0.39 is 9.84 Å². The number of nitrogens with one attached hydrogen (secondary N) is 2. The summed E-state index contributed by atoms with van der Waals surface area (Å²) in [4.78, 5) is 9.67. The highest BCUT2D eigenvalue weighted by Crippen LogP contribution is 2.13. The van der Waals surface area contributed by atoms with Crippen LogP contribution in [0.2, 0.25) is 0 Å². The predicted octanol–water partition coefficient (Wildman–Crippen LogP) is 0.458. The lowest BCUT2D eigenvalue weighted by Gasteiger charge is -2.10. The number of thiazole rings is 1. The second-order valence-corrected chi connectivity index (χ2v) is 7.84. The zero-order valence-corrected chi connectivity index (χ0v) is 13.8. The Kier molecular flexibility index (Phi) is 6.94. The number of aliphatic imine (C=N–C) groups is 1. The summed E-state index contributed by atoms with van der Waals surface area (Å²) < 4.78 is 22.0. The number of aryl methyl sites for hydroxylation is 1. The number of sulfone groups is 1. The second kappa shape index (κ2) is 8.21. The maximum atomic E-state index is 11.0. The van der Waals surface area contributed by atoms with Gasteiger partial charge in [0.2, 0.25) is 0 Å². The molecule has 1 rings (SSSR count). The number of hydrogen-bond donors (Lipinski definition) is 2. The Balaban J connectivity index is 2.28. The number of hydrogen-bond acceptors (Lipinski definition) is 5. The summed E-state index contributed by atoms with van der Waals surface area (Å²) in [6, 6.07) is 0. The molecule has 0 amide bonds. The van der Waals surface area contributed by atoms with Crippen LogP contribution < -0.4 is 10.6 Å². The van der Waals surface area contributed by atoms with E-state index in [-0.39, 0.29) is 5.75 Å². The van der Waals surface area contributed by atoms with Gasteiger partial charge in [0, 0.05) is 43.9 Å². The van der Waals surface area contributed by atoms with Crippen LogP contribution in [0.1, 0.15) is 16.8 Å². The summed E-state index contributed by atoms with van der Waals surface area (Å²) in [5, 5.41) is 7.21. The average molecular weight is 318 g/mol. The van der Waals surface area contributed by atoms with E-state index in [0.717, 1.165) is 24.4 Å². The van der Waals surface area contributed by atoms with Crippen molar-refractivity contribution in [2.75, 3.05) is 32.1 Å². The van der Waals surface area contributed by atoms with Gasteiger partial charge in [-0.2, -0.15) is 0 Å². The molecule has 2 N–H and O–H groups in total. The number of nitrogens with zero attached hydrogens (tertiary/aromatic N) is 2. The van der Waals surface area contributed by atoms with E-state index in [2.05, 4.69) is 27.5 Å². The standard InChI is InChI=1S/C12H22N4O2S2/c1-4-10-9-16-11(19-10)5-6-14-12(13-2)15-7-8-20(3,17)18/h9H,4-8H2,1-3H3,(H2,13,14,15). The number of aromatic nitrogens is 1. The Morgan fingerprint density at radius 2 is 2.10 bits per heavy atom. The van der Waals surface area contributed by atoms with Gasteiger partial charge in [-0.25, -0.2) is 13.4 Å². The van der Waals surface area contributed by atoms with Crippen molar-refractivity contribution >= 4 is 27.1 Å². The van der Waals surface area contributed by atoms with E-state index in [1.54, 1.807) is 18.4 Å². The molecule has 0 aliphatic heterocycles. The van der Waals surface area contributed by atoms with Crippen molar-refractivity contribution in [3.63, 3.8) is 0 Å². The van der Waals surface area contributed by atoms with Crippen molar-refractivity contribution in [2.24, 2.45) is 4.99 Å². The summed E-state index contributed by atoms with van der Waals surface area (Å²) in [5.41, 5.74) is 0. The second-order valence-electron chi connectivity index (χ2n) is 4.38. The molecule has 114 valence electrons. The minimum atomic E-state index is -2.95. The highest BCUT2D eigenvalue weighted by Gasteiger charge is 2.04. The van der Waals surface area contributed by atoms with Crippen LogP contribution in [-0.4, -0.2) is 51.5 Å². The first kappa shape index (κ1) is 16.9.